The van der Waals surface area contributed by atoms with Gasteiger partial charge in [0.05, 0.1) is 24.1 Å². The molecular formula is C17H16N6O2. The van der Waals surface area contributed by atoms with Gasteiger partial charge in [0.15, 0.2) is 0 Å². The summed E-state index contributed by atoms with van der Waals surface area (Å²) in [6.45, 7) is 1.76. The zero-order valence-electron chi connectivity index (χ0n) is 13.6. The van der Waals surface area contributed by atoms with Crippen LogP contribution in [0.25, 0.3) is 11.4 Å². The molecule has 126 valence electrons. The van der Waals surface area contributed by atoms with Crippen LogP contribution in [0.1, 0.15) is 29.5 Å². The molecule has 0 bridgehead atoms. The number of hydrogen-bond donors (Lipinski definition) is 2. The van der Waals surface area contributed by atoms with Crippen molar-refractivity contribution in [3.05, 3.63) is 53.9 Å². The first kappa shape index (κ1) is 15.3. The Labute approximate surface area is 143 Å². The lowest BCUT2D eigenvalue weighted by Gasteiger charge is -2.15. The van der Waals surface area contributed by atoms with Gasteiger partial charge < -0.3 is 15.2 Å². The quantitative estimate of drug-likeness (QED) is 0.761. The van der Waals surface area contributed by atoms with E-state index in [1.807, 2.05) is 12.1 Å². The molecule has 0 saturated carbocycles. The summed E-state index contributed by atoms with van der Waals surface area (Å²) >= 11 is 0. The Hall–Kier alpha value is -3.29. The fraction of sp³-hybridized carbons (Fsp3) is 0.235. The molecule has 1 aliphatic rings. The molecule has 0 spiro atoms. The van der Waals surface area contributed by atoms with Gasteiger partial charge in [-0.3, -0.25) is 0 Å². The number of benzene rings is 1. The van der Waals surface area contributed by atoms with Crippen molar-refractivity contribution in [2.75, 3.05) is 5.32 Å². The van der Waals surface area contributed by atoms with E-state index >= 15 is 0 Å². The van der Waals surface area contributed by atoms with Crippen LogP contribution in [0, 0.1) is 6.92 Å². The first-order valence-corrected chi connectivity index (χ1v) is 7.95. The van der Waals surface area contributed by atoms with Gasteiger partial charge in [0.25, 0.3) is 0 Å². The van der Waals surface area contributed by atoms with Crippen LogP contribution in [0.5, 0.6) is 0 Å². The molecule has 2 amide bonds. The first-order chi connectivity index (χ1) is 12.2. The number of carbonyl (C=O) groups is 1. The van der Waals surface area contributed by atoms with Crippen LogP contribution in [-0.2, 0) is 6.42 Å². The second-order valence-electron chi connectivity index (χ2n) is 5.87. The molecule has 2 N–H and O–H groups in total. The van der Waals surface area contributed by atoms with E-state index in [1.54, 1.807) is 19.3 Å². The summed E-state index contributed by atoms with van der Waals surface area (Å²) in [6, 6.07) is 5.72. The molecule has 25 heavy (non-hydrogen) atoms. The predicted molar refractivity (Wildman–Crippen MR) is 89.7 cm³/mol. The highest BCUT2D eigenvalue weighted by atomic mass is 16.5. The van der Waals surface area contributed by atoms with Crippen LogP contribution in [-0.4, -0.2) is 26.1 Å². The highest BCUT2D eigenvalue weighted by Crippen LogP contribution is 2.33. The molecular weight excluding hydrogens is 320 g/mol. The molecule has 0 radical (unpaired) electrons. The van der Waals surface area contributed by atoms with Crippen LogP contribution in [0.15, 0.2) is 41.4 Å². The number of carbonyl (C=O) groups excluding carboxylic acids is 1. The van der Waals surface area contributed by atoms with Gasteiger partial charge in [-0.25, -0.2) is 14.8 Å². The second kappa shape index (κ2) is 6.31. The minimum absolute atomic E-state index is 0.0271. The molecule has 8 heteroatoms. The van der Waals surface area contributed by atoms with Crippen molar-refractivity contribution in [3.8, 4) is 11.4 Å². The topological polar surface area (TPSA) is 106 Å². The van der Waals surface area contributed by atoms with Gasteiger partial charge in [0, 0.05) is 12.5 Å². The number of aryl methyl sites for hydroxylation is 2. The second-order valence-corrected chi connectivity index (χ2v) is 5.87. The maximum Gasteiger partial charge on any atom is 0.319 e. The van der Waals surface area contributed by atoms with Crippen molar-refractivity contribution < 1.29 is 9.32 Å². The third kappa shape index (κ3) is 3.18. The maximum atomic E-state index is 12.2. The average Bonchev–Trinajstić information content (AvgIpc) is 3.22. The van der Waals surface area contributed by atoms with E-state index in [4.69, 9.17) is 4.52 Å². The van der Waals surface area contributed by atoms with Crippen LogP contribution >= 0.6 is 0 Å². The molecule has 0 saturated heterocycles. The number of anilines is 1. The number of urea groups is 1. The largest absolute Gasteiger partial charge is 0.339 e. The average molecular weight is 336 g/mol. The van der Waals surface area contributed by atoms with Crippen molar-refractivity contribution in [1.82, 2.24) is 25.4 Å². The number of amides is 2. The van der Waals surface area contributed by atoms with Gasteiger partial charge in [0.2, 0.25) is 11.7 Å². The zero-order chi connectivity index (χ0) is 17.2. The van der Waals surface area contributed by atoms with Gasteiger partial charge in [-0.05, 0) is 30.0 Å². The van der Waals surface area contributed by atoms with Crippen molar-refractivity contribution in [2.45, 2.75) is 25.8 Å². The lowest BCUT2D eigenvalue weighted by molar-refractivity contribution is 0.248. The van der Waals surface area contributed by atoms with E-state index in [1.165, 1.54) is 11.9 Å². The summed E-state index contributed by atoms with van der Waals surface area (Å²) in [7, 11) is 0. The van der Waals surface area contributed by atoms with Gasteiger partial charge in [-0.15, -0.1) is 0 Å². The molecule has 1 aromatic carbocycles. The van der Waals surface area contributed by atoms with E-state index in [2.05, 4.69) is 36.8 Å². The van der Waals surface area contributed by atoms with Crippen molar-refractivity contribution >= 4 is 11.7 Å². The van der Waals surface area contributed by atoms with E-state index in [0.29, 0.717) is 17.4 Å². The van der Waals surface area contributed by atoms with Crippen molar-refractivity contribution in [3.63, 3.8) is 0 Å². The van der Waals surface area contributed by atoms with Crippen LogP contribution in [0.3, 0.4) is 0 Å². The number of aromatic nitrogens is 4. The van der Waals surface area contributed by atoms with E-state index in [9.17, 15) is 4.79 Å². The minimum atomic E-state index is -0.273. The Balaban J connectivity index is 1.47. The predicted octanol–water partition coefficient (Wildman–Crippen LogP) is 2.64. The van der Waals surface area contributed by atoms with Crippen LogP contribution < -0.4 is 10.6 Å². The Morgan fingerprint density at radius 3 is 2.88 bits per heavy atom. The Kier molecular flexibility index (Phi) is 3.85. The van der Waals surface area contributed by atoms with Crippen LogP contribution in [0.4, 0.5) is 10.5 Å². The fourth-order valence-electron chi connectivity index (χ4n) is 3.01. The molecule has 0 aliphatic heterocycles. The Bertz CT molecular complexity index is 909. The lowest BCUT2D eigenvalue weighted by atomic mass is 10.0. The molecule has 1 unspecified atom stereocenters. The fourth-order valence-corrected chi connectivity index (χ4v) is 3.01. The number of nitrogens with zero attached hydrogens (tertiary/aromatic N) is 4. The summed E-state index contributed by atoms with van der Waals surface area (Å²) in [5.41, 5.74) is 3.78. The summed E-state index contributed by atoms with van der Waals surface area (Å²) in [4.78, 5) is 24.2. The van der Waals surface area contributed by atoms with Crippen LogP contribution in [0.2, 0.25) is 0 Å². The van der Waals surface area contributed by atoms with E-state index in [0.717, 1.165) is 24.0 Å². The standard InChI is InChI=1S/C17H16N6O2/c1-10-20-16(23-25-10)12-2-4-14-11(6-12)3-5-15(14)22-17(24)21-13-7-18-9-19-8-13/h2,4,6-9,15H,3,5H2,1H3,(H2,21,22,24). The van der Waals surface area contributed by atoms with Gasteiger partial charge in [0.1, 0.15) is 6.33 Å². The normalized spacial score (nSPS) is 15.6. The molecule has 0 fully saturated rings. The maximum absolute atomic E-state index is 12.2. The summed E-state index contributed by atoms with van der Waals surface area (Å²) < 4.78 is 5.03. The zero-order valence-corrected chi connectivity index (χ0v) is 13.6. The molecule has 1 aliphatic carbocycles. The van der Waals surface area contributed by atoms with Crippen molar-refractivity contribution in [1.29, 1.82) is 0 Å². The van der Waals surface area contributed by atoms with Crippen molar-refractivity contribution in [2.24, 2.45) is 0 Å². The van der Waals surface area contributed by atoms with E-state index < -0.39 is 0 Å². The smallest absolute Gasteiger partial charge is 0.319 e. The number of hydrogen-bond acceptors (Lipinski definition) is 6. The van der Waals surface area contributed by atoms with Gasteiger partial charge in [-0.2, -0.15) is 4.98 Å². The molecule has 2 heterocycles. The lowest BCUT2D eigenvalue weighted by Crippen LogP contribution is -2.31. The third-order valence-corrected chi connectivity index (χ3v) is 4.13. The monoisotopic (exact) mass is 336 g/mol. The molecule has 1 atom stereocenters. The Morgan fingerprint density at radius 2 is 2.12 bits per heavy atom. The summed E-state index contributed by atoms with van der Waals surface area (Å²) in [6.07, 6.45) is 6.25. The highest BCUT2D eigenvalue weighted by Gasteiger charge is 2.25. The van der Waals surface area contributed by atoms with Gasteiger partial charge >= 0.3 is 6.03 Å². The summed E-state index contributed by atoms with van der Waals surface area (Å²) in [5, 5.41) is 9.67. The minimum Gasteiger partial charge on any atom is -0.339 e. The molecule has 4 rings (SSSR count). The molecule has 8 nitrogen and oxygen atoms in total. The first-order valence-electron chi connectivity index (χ1n) is 7.95. The number of rotatable bonds is 3. The highest BCUT2D eigenvalue weighted by molar-refractivity contribution is 5.89. The Morgan fingerprint density at radius 1 is 1.28 bits per heavy atom. The number of fused-ring (bicyclic) bond motifs is 1. The molecule has 3 aromatic rings. The van der Waals surface area contributed by atoms with E-state index in [-0.39, 0.29) is 12.1 Å². The molecule has 2 aromatic heterocycles. The third-order valence-electron chi connectivity index (χ3n) is 4.13. The van der Waals surface area contributed by atoms with Gasteiger partial charge in [-0.1, -0.05) is 17.3 Å². The SMILES string of the molecule is Cc1nc(-c2ccc3c(c2)CCC3NC(=O)Nc2cncnc2)no1. The summed E-state index contributed by atoms with van der Waals surface area (Å²) in [5.74, 6) is 1.12. The number of nitrogens with one attached hydrogen (secondary N) is 2.